The lowest BCUT2D eigenvalue weighted by molar-refractivity contribution is -0.172. The molecule has 2 atom stereocenters. The zero-order valence-electron chi connectivity index (χ0n) is 19.6. The van der Waals surface area contributed by atoms with Crippen molar-refractivity contribution in [2.45, 2.75) is 77.5 Å². The Morgan fingerprint density at radius 3 is 2.76 bits per heavy atom. The summed E-state index contributed by atoms with van der Waals surface area (Å²) in [5.74, 6) is -0.686. The molecule has 0 radical (unpaired) electrons. The molecule has 1 N–H and O–H groups in total. The van der Waals surface area contributed by atoms with Crippen molar-refractivity contribution < 1.29 is 19.0 Å². The van der Waals surface area contributed by atoms with Gasteiger partial charge in [0, 0.05) is 22.6 Å². The van der Waals surface area contributed by atoms with Gasteiger partial charge in [-0.25, -0.2) is 14.2 Å². The van der Waals surface area contributed by atoms with E-state index in [9.17, 15) is 19.1 Å². The fourth-order valence-corrected chi connectivity index (χ4v) is 6.29. The summed E-state index contributed by atoms with van der Waals surface area (Å²) in [6.45, 7) is 5.91. The number of fused-ring (bicyclic) bond motifs is 5. The Labute approximate surface area is 196 Å². The Hall–Kier alpha value is -3.06. The Morgan fingerprint density at radius 1 is 1.24 bits per heavy atom. The van der Waals surface area contributed by atoms with Crippen molar-refractivity contribution >= 4 is 16.9 Å². The summed E-state index contributed by atoms with van der Waals surface area (Å²) in [5.41, 5.74) is 4.19. The lowest BCUT2D eigenvalue weighted by Gasteiger charge is -2.31. The standard InChI is InChI=1S/C27H27FN2O4/c1-4-6-14-7-8-15-13(3)19(28)10-20-23(15)22(14)16-11-30-21(24(16)29-20)9-18-17(25(30)31)12-34-26(32)27(18,33)5-2/h9-10,14,33H,4-8,11-12H2,1-3H3/t14?,27-/m0/s1. The van der Waals surface area contributed by atoms with Gasteiger partial charge in [0.2, 0.25) is 0 Å². The predicted octanol–water partition coefficient (Wildman–Crippen LogP) is 4.36. The summed E-state index contributed by atoms with van der Waals surface area (Å²) < 4.78 is 21.7. The maximum absolute atomic E-state index is 14.8. The van der Waals surface area contributed by atoms with Crippen molar-refractivity contribution in [3.05, 3.63) is 61.7 Å². The smallest absolute Gasteiger partial charge is 0.343 e. The number of aliphatic hydroxyl groups is 1. The van der Waals surface area contributed by atoms with Crippen molar-refractivity contribution in [1.29, 1.82) is 0 Å². The lowest BCUT2D eigenvalue weighted by atomic mass is 9.76. The van der Waals surface area contributed by atoms with Gasteiger partial charge < -0.3 is 14.4 Å². The minimum Gasteiger partial charge on any atom is -0.458 e. The number of pyridine rings is 2. The van der Waals surface area contributed by atoms with Crippen LogP contribution in [0.3, 0.4) is 0 Å². The van der Waals surface area contributed by atoms with Gasteiger partial charge in [-0.2, -0.15) is 0 Å². The molecule has 7 heteroatoms. The van der Waals surface area contributed by atoms with Gasteiger partial charge in [-0.1, -0.05) is 20.3 Å². The summed E-state index contributed by atoms with van der Waals surface area (Å²) in [4.78, 5) is 30.9. The summed E-state index contributed by atoms with van der Waals surface area (Å²) in [6, 6.07) is 3.23. The van der Waals surface area contributed by atoms with Crippen molar-refractivity contribution in [3.63, 3.8) is 0 Å². The monoisotopic (exact) mass is 462 g/mol. The van der Waals surface area contributed by atoms with E-state index < -0.39 is 11.6 Å². The van der Waals surface area contributed by atoms with Crippen LogP contribution in [0.1, 0.15) is 78.8 Å². The molecule has 0 bridgehead atoms. The van der Waals surface area contributed by atoms with Gasteiger partial charge >= 0.3 is 5.97 Å². The van der Waals surface area contributed by atoms with Crippen LogP contribution in [0.25, 0.3) is 22.3 Å². The van der Waals surface area contributed by atoms with E-state index in [1.807, 2.05) is 6.92 Å². The summed E-state index contributed by atoms with van der Waals surface area (Å²) >= 11 is 0. The minimum absolute atomic E-state index is 0.0946. The number of benzene rings is 1. The number of aromatic nitrogens is 2. The number of hydrogen-bond acceptors (Lipinski definition) is 5. The molecule has 0 spiro atoms. The van der Waals surface area contributed by atoms with Crippen LogP contribution in [-0.2, 0) is 34.7 Å². The van der Waals surface area contributed by atoms with Crippen molar-refractivity contribution in [2.75, 3.05) is 0 Å². The minimum atomic E-state index is -1.86. The molecule has 6 nitrogen and oxygen atoms in total. The van der Waals surface area contributed by atoms with E-state index in [-0.39, 0.29) is 24.4 Å². The molecular formula is C27H27FN2O4. The van der Waals surface area contributed by atoms with Gasteiger partial charge in [-0.3, -0.25) is 4.79 Å². The molecule has 34 heavy (non-hydrogen) atoms. The SMILES string of the molecule is CCCC1CCc2c(C)c(F)cc3nc4c(c1c23)Cn1c-4cc2c(c1=O)COC(=O)[C@]2(O)CC. The Morgan fingerprint density at radius 2 is 2.03 bits per heavy atom. The van der Waals surface area contributed by atoms with Gasteiger partial charge in [0.05, 0.1) is 29.0 Å². The van der Waals surface area contributed by atoms with Crippen LogP contribution in [0.4, 0.5) is 4.39 Å². The molecule has 176 valence electrons. The summed E-state index contributed by atoms with van der Waals surface area (Å²) in [5, 5.41) is 12.1. The Kier molecular flexibility index (Phi) is 4.56. The second-order valence-corrected chi connectivity index (χ2v) is 9.84. The van der Waals surface area contributed by atoms with E-state index >= 15 is 0 Å². The molecule has 0 saturated heterocycles. The predicted molar refractivity (Wildman–Crippen MR) is 125 cm³/mol. The first kappa shape index (κ1) is 21.5. The number of hydrogen-bond donors (Lipinski definition) is 1. The number of cyclic esters (lactones) is 1. The molecule has 4 heterocycles. The number of ether oxygens (including phenoxy) is 1. The quantitative estimate of drug-likeness (QED) is 0.458. The normalized spacial score (nSPS) is 22.4. The Bertz CT molecular complexity index is 1470. The number of halogens is 1. The van der Waals surface area contributed by atoms with Crippen LogP contribution in [-0.4, -0.2) is 20.6 Å². The molecule has 3 aliphatic rings. The number of carbonyl (C=O) groups is 1. The van der Waals surface area contributed by atoms with E-state index in [1.165, 1.54) is 11.6 Å². The van der Waals surface area contributed by atoms with Gasteiger partial charge in [-0.05, 0) is 61.3 Å². The van der Waals surface area contributed by atoms with Crippen LogP contribution < -0.4 is 5.56 Å². The second kappa shape index (κ2) is 7.22. The van der Waals surface area contributed by atoms with E-state index in [4.69, 9.17) is 9.72 Å². The molecule has 0 saturated carbocycles. The first-order valence-electron chi connectivity index (χ1n) is 12.1. The highest BCUT2D eigenvalue weighted by atomic mass is 19.1. The second-order valence-electron chi connectivity index (χ2n) is 9.84. The third-order valence-electron chi connectivity index (χ3n) is 8.13. The van der Waals surface area contributed by atoms with Crippen LogP contribution in [0.15, 0.2) is 16.9 Å². The number of esters is 1. The first-order valence-corrected chi connectivity index (χ1v) is 12.1. The van der Waals surface area contributed by atoms with Crippen LogP contribution in [0.2, 0.25) is 0 Å². The molecule has 1 aromatic carbocycles. The highest BCUT2D eigenvalue weighted by Crippen LogP contribution is 2.47. The highest BCUT2D eigenvalue weighted by molar-refractivity contribution is 5.93. The molecule has 2 aliphatic heterocycles. The van der Waals surface area contributed by atoms with Gasteiger partial charge in [-0.15, -0.1) is 0 Å². The van der Waals surface area contributed by atoms with Gasteiger partial charge in [0.15, 0.2) is 5.60 Å². The highest BCUT2D eigenvalue weighted by Gasteiger charge is 2.45. The number of rotatable bonds is 3. The molecule has 2 aromatic heterocycles. The molecule has 3 aromatic rings. The van der Waals surface area contributed by atoms with Crippen LogP contribution in [0.5, 0.6) is 0 Å². The van der Waals surface area contributed by atoms with Crippen molar-refractivity contribution in [2.24, 2.45) is 0 Å². The summed E-state index contributed by atoms with van der Waals surface area (Å²) in [6.07, 6.45) is 3.90. The maximum atomic E-state index is 14.8. The largest absolute Gasteiger partial charge is 0.458 e. The lowest BCUT2D eigenvalue weighted by Crippen LogP contribution is -2.44. The van der Waals surface area contributed by atoms with Crippen molar-refractivity contribution in [3.8, 4) is 11.4 Å². The zero-order chi connectivity index (χ0) is 23.9. The average molecular weight is 463 g/mol. The zero-order valence-corrected chi connectivity index (χ0v) is 19.6. The van der Waals surface area contributed by atoms with Crippen molar-refractivity contribution in [1.82, 2.24) is 9.55 Å². The molecule has 1 aliphatic carbocycles. The van der Waals surface area contributed by atoms with E-state index in [2.05, 4.69) is 6.92 Å². The number of aryl methyl sites for hydroxylation is 1. The van der Waals surface area contributed by atoms with E-state index in [0.29, 0.717) is 46.1 Å². The summed E-state index contributed by atoms with van der Waals surface area (Å²) in [7, 11) is 0. The molecule has 6 rings (SSSR count). The Balaban J connectivity index is 1.69. The molecular weight excluding hydrogens is 435 g/mol. The number of nitrogens with zero attached hydrogens (tertiary/aromatic N) is 2. The number of carbonyl (C=O) groups excluding carboxylic acids is 1. The third kappa shape index (κ3) is 2.62. The first-order chi connectivity index (χ1) is 16.3. The van der Waals surface area contributed by atoms with Crippen LogP contribution in [0, 0.1) is 12.7 Å². The topological polar surface area (TPSA) is 81.4 Å². The molecule has 0 fully saturated rings. The maximum Gasteiger partial charge on any atom is 0.343 e. The molecule has 1 unspecified atom stereocenters. The van der Waals surface area contributed by atoms with E-state index in [1.54, 1.807) is 17.6 Å². The average Bonchev–Trinajstić information content (AvgIpc) is 3.19. The third-order valence-corrected chi connectivity index (χ3v) is 8.13. The van der Waals surface area contributed by atoms with Crippen LogP contribution >= 0.6 is 0 Å². The van der Waals surface area contributed by atoms with Gasteiger partial charge in [0.1, 0.15) is 12.4 Å². The fraction of sp³-hybridized carbons (Fsp3) is 0.444. The van der Waals surface area contributed by atoms with E-state index in [0.717, 1.165) is 42.2 Å². The fourth-order valence-electron chi connectivity index (χ4n) is 6.29. The van der Waals surface area contributed by atoms with Gasteiger partial charge in [0.25, 0.3) is 5.56 Å². The molecule has 0 amide bonds.